The molecule has 0 radical (unpaired) electrons. The Morgan fingerprint density at radius 3 is 2.60 bits per heavy atom. The van der Waals surface area contributed by atoms with Crippen molar-refractivity contribution in [2.45, 2.75) is 0 Å². The number of nitrogens with one attached hydrogen (secondary N) is 2. The molecule has 0 unspecified atom stereocenters. The number of phenols is 1. The van der Waals surface area contributed by atoms with E-state index in [2.05, 4.69) is 10.6 Å². The minimum atomic E-state index is -0.666. The van der Waals surface area contributed by atoms with Crippen molar-refractivity contribution in [2.75, 3.05) is 5.32 Å². The van der Waals surface area contributed by atoms with E-state index >= 15 is 0 Å². The molecule has 0 aliphatic carbocycles. The number of hydrogen-bond donors (Lipinski definition) is 3. The molecule has 9 heteroatoms. The Bertz CT molecular complexity index is 856. The highest BCUT2D eigenvalue weighted by atomic mass is 35.5. The van der Waals surface area contributed by atoms with Crippen molar-refractivity contribution in [2.24, 2.45) is 0 Å². The second-order valence-corrected chi connectivity index (χ2v) is 5.58. The van der Waals surface area contributed by atoms with E-state index in [4.69, 9.17) is 23.8 Å². The Morgan fingerprint density at radius 1 is 1.28 bits per heavy atom. The lowest BCUT2D eigenvalue weighted by molar-refractivity contribution is -0.384. The molecule has 0 spiro atoms. The number of hydrogen-bond acceptors (Lipinski definition) is 5. The van der Waals surface area contributed by atoms with Crippen LogP contribution in [0.25, 0.3) is 6.08 Å². The van der Waals surface area contributed by atoms with Crippen molar-refractivity contribution in [3.63, 3.8) is 0 Å². The van der Waals surface area contributed by atoms with E-state index in [-0.39, 0.29) is 21.5 Å². The maximum Gasteiger partial charge on any atom is 0.273 e. The van der Waals surface area contributed by atoms with Gasteiger partial charge < -0.3 is 10.4 Å². The van der Waals surface area contributed by atoms with Gasteiger partial charge in [-0.15, -0.1) is 0 Å². The summed E-state index contributed by atoms with van der Waals surface area (Å²) in [6.07, 6.45) is 2.88. The topological polar surface area (TPSA) is 104 Å². The molecular weight excluding hydrogens is 366 g/mol. The van der Waals surface area contributed by atoms with Crippen LogP contribution in [0.2, 0.25) is 5.02 Å². The molecule has 2 rings (SSSR count). The summed E-state index contributed by atoms with van der Waals surface area (Å²) in [5.41, 5.74) is 0.416. The molecule has 0 aliphatic rings. The number of nitro benzene ring substituents is 1. The molecule has 7 nitrogen and oxygen atoms in total. The van der Waals surface area contributed by atoms with Crippen LogP contribution in [0.1, 0.15) is 5.56 Å². The molecular formula is C16H12ClN3O4S. The van der Waals surface area contributed by atoms with Crippen LogP contribution in [0, 0.1) is 10.1 Å². The zero-order valence-corrected chi connectivity index (χ0v) is 14.2. The molecule has 3 N–H and O–H groups in total. The van der Waals surface area contributed by atoms with Crippen LogP contribution in [0.15, 0.2) is 48.5 Å². The van der Waals surface area contributed by atoms with Gasteiger partial charge in [-0.05, 0) is 23.9 Å². The third-order valence-electron chi connectivity index (χ3n) is 2.97. The third kappa shape index (κ3) is 5.27. The fraction of sp³-hybridized carbons (Fsp3) is 0. The number of carbonyl (C=O) groups is 1. The summed E-state index contributed by atoms with van der Waals surface area (Å²) in [7, 11) is 0. The predicted octanol–water partition coefficient (Wildman–Crippen LogP) is 3.48. The van der Waals surface area contributed by atoms with Crippen LogP contribution in [0.4, 0.5) is 11.4 Å². The summed E-state index contributed by atoms with van der Waals surface area (Å²) < 4.78 is 0. The Morgan fingerprint density at radius 2 is 1.96 bits per heavy atom. The number of carbonyl (C=O) groups excluding carboxylic acids is 1. The predicted molar refractivity (Wildman–Crippen MR) is 99.6 cm³/mol. The summed E-state index contributed by atoms with van der Waals surface area (Å²) in [4.78, 5) is 22.0. The number of amides is 1. The first-order chi connectivity index (χ1) is 11.9. The minimum Gasteiger partial charge on any atom is -0.504 e. The number of aromatic hydroxyl groups is 1. The summed E-state index contributed by atoms with van der Waals surface area (Å²) in [6, 6.07) is 11.2. The second kappa shape index (κ2) is 8.22. The third-order valence-corrected chi connectivity index (χ3v) is 3.46. The standard InChI is InChI=1S/C16H12ClN3O4S/c17-12-8-11(20(23)24)9-13(15(12)22)18-16(25)19-14(21)7-6-10-4-2-1-3-5-10/h1-9,22H,(H2,18,19,21,25). The molecule has 0 heterocycles. The fourth-order valence-electron chi connectivity index (χ4n) is 1.83. The van der Waals surface area contributed by atoms with Crippen LogP contribution in [-0.2, 0) is 4.79 Å². The number of anilines is 1. The maximum absolute atomic E-state index is 11.8. The van der Waals surface area contributed by atoms with Crippen LogP contribution in [-0.4, -0.2) is 21.0 Å². The molecule has 0 aromatic heterocycles. The van der Waals surface area contributed by atoms with Gasteiger partial charge in [0, 0.05) is 18.2 Å². The second-order valence-electron chi connectivity index (χ2n) is 4.77. The fourth-order valence-corrected chi connectivity index (χ4v) is 2.25. The zero-order valence-electron chi connectivity index (χ0n) is 12.6. The Kier molecular flexibility index (Phi) is 6.04. The number of halogens is 1. The normalized spacial score (nSPS) is 10.4. The lowest BCUT2D eigenvalue weighted by Crippen LogP contribution is -2.32. The van der Waals surface area contributed by atoms with E-state index in [1.54, 1.807) is 6.08 Å². The number of nitro groups is 1. The molecule has 2 aromatic rings. The highest BCUT2D eigenvalue weighted by Crippen LogP contribution is 2.35. The van der Waals surface area contributed by atoms with Crippen molar-refractivity contribution < 1.29 is 14.8 Å². The smallest absolute Gasteiger partial charge is 0.273 e. The first kappa shape index (κ1) is 18.4. The van der Waals surface area contributed by atoms with E-state index in [0.29, 0.717) is 0 Å². The SMILES string of the molecule is O=C(C=Cc1ccccc1)NC(=S)Nc1cc([N+](=O)[O-])cc(Cl)c1O. The van der Waals surface area contributed by atoms with Crippen molar-refractivity contribution in [3.05, 3.63) is 69.2 Å². The molecule has 0 fully saturated rings. The molecule has 0 atom stereocenters. The van der Waals surface area contributed by atoms with Gasteiger partial charge in [0.05, 0.1) is 15.6 Å². The highest BCUT2D eigenvalue weighted by molar-refractivity contribution is 7.80. The van der Waals surface area contributed by atoms with E-state index in [9.17, 15) is 20.0 Å². The van der Waals surface area contributed by atoms with E-state index in [0.717, 1.165) is 17.7 Å². The van der Waals surface area contributed by atoms with E-state index < -0.39 is 16.6 Å². The molecule has 128 valence electrons. The molecule has 25 heavy (non-hydrogen) atoms. The lowest BCUT2D eigenvalue weighted by Gasteiger charge is -2.10. The monoisotopic (exact) mass is 377 g/mol. The highest BCUT2D eigenvalue weighted by Gasteiger charge is 2.16. The van der Waals surface area contributed by atoms with Gasteiger partial charge in [-0.25, -0.2) is 0 Å². The summed E-state index contributed by atoms with van der Waals surface area (Å²) in [5.74, 6) is -0.916. The number of thiocarbonyl (C=S) groups is 1. The Labute approximate surface area is 153 Å². The van der Waals surface area contributed by atoms with Crippen molar-refractivity contribution in [3.8, 4) is 5.75 Å². The molecule has 1 amide bonds. The summed E-state index contributed by atoms with van der Waals surface area (Å²) >= 11 is 10.7. The van der Waals surface area contributed by atoms with Gasteiger partial charge in [0.2, 0.25) is 5.91 Å². The number of rotatable bonds is 4. The largest absolute Gasteiger partial charge is 0.504 e. The number of non-ortho nitro benzene ring substituents is 1. The van der Waals surface area contributed by atoms with E-state index in [1.807, 2.05) is 30.3 Å². The lowest BCUT2D eigenvalue weighted by atomic mass is 10.2. The van der Waals surface area contributed by atoms with Gasteiger partial charge >= 0.3 is 0 Å². The molecule has 0 bridgehead atoms. The van der Waals surface area contributed by atoms with Gasteiger partial charge in [0.1, 0.15) is 0 Å². The van der Waals surface area contributed by atoms with Gasteiger partial charge in [0.25, 0.3) is 5.69 Å². The number of phenolic OH excluding ortho intramolecular Hbond substituents is 1. The first-order valence-corrected chi connectivity index (χ1v) is 7.67. The quantitative estimate of drug-likeness (QED) is 0.248. The maximum atomic E-state index is 11.8. The number of benzene rings is 2. The van der Waals surface area contributed by atoms with Gasteiger partial charge in [-0.3, -0.25) is 20.2 Å². The Hall–Kier alpha value is -2.97. The summed E-state index contributed by atoms with van der Waals surface area (Å²) in [5, 5.41) is 25.2. The minimum absolute atomic E-state index is 0.0865. The molecule has 2 aromatic carbocycles. The van der Waals surface area contributed by atoms with Crippen molar-refractivity contribution in [1.29, 1.82) is 0 Å². The van der Waals surface area contributed by atoms with Crippen LogP contribution >= 0.6 is 23.8 Å². The van der Waals surface area contributed by atoms with Gasteiger partial charge in [-0.1, -0.05) is 41.9 Å². The van der Waals surface area contributed by atoms with Gasteiger partial charge in [0.15, 0.2) is 10.9 Å². The first-order valence-electron chi connectivity index (χ1n) is 6.89. The average molecular weight is 378 g/mol. The van der Waals surface area contributed by atoms with Gasteiger partial charge in [-0.2, -0.15) is 0 Å². The van der Waals surface area contributed by atoms with Crippen LogP contribution in [0.3, 0.4) is 0 Å². The molecule has 0 aliphatic heterocycles. The summed E-state index contributed by atoms with van der Waals surface area (Å²) in [6.45, 7) is 0. The van der Waals surface area contributed by atoms with E-state index in [1.165, 1.54) is 6.08 Å². The van der Waals surface area contributed by atoms with Crippen molar-refractivity contribution in [1.82, 2.24) is 5.32 Å². The zero-order chi connectivity index (χ0) is 18.4. The van der Waals surface area contributed by atoms with Crippen LogP contribution < -0.4 is 10.6 Å². The number of nitrogens with zero attached hydrogens (tertiary/aromatic N) is 1. The molecule has 0 saturated carbocycles. The Balaban J connectivity index is 2.04. The van der Waals surface area contributed by atoms with Crippen LogP contribution in [0.5, 0.6) is 5.75 Å². The molecule has 0 saturated heterocycles. The van der Waals surface area contributed by atoms with Crippen molar-refractivity contribution >= 4 is 52.3 Å². The average Bonchev–Trinajstić information content (AvgIpc) is 2.57.